The zero-order valence-corrected chi connectivity index (χ0v) is 21.8. The van der Waals surface area contributed by atoms with Crippen LogP contribution >= 0.6 is 34.5 Å². The monoisotopic (exact) mass is 554 g/mol. The number of ether oxygens (including phenoxy) is 1. The Morgan fingerprint density at radius 3 is 2.57 bits per heavy atom. The molecule has 0 aliphatic rings. The predicted molar refractivity (Wildman–Crippen MR) is 135 cm³/mol. The average molecular weight is 555 g/mol. The second-order valence-electron chi connectivity index (χ2n) is 8.43. The van der Waals surface area contributed by atoms with E-state index in [1.807, 2.05) is 0 Å². The van der Waals surface area contributed by atoms with E-state index in [1.165, 1.54) is 30.6 Å². The number of anilines is 1. The number of fused-ring (bicyclic) bond motifs is 1. The highest BCUT2D eigenvalue weighted by Gasteiger charge is 2.28. The number of hydrogen-bond acceptors (Lipinski definition) is 8. The number of nitrogens with zero attached hydrogens (tertiary/aromatic N) is 3. The lowest BCUT2D eigenvalue weighted by Crippen LogP contribution is -2.27. The van der Waals surface area contributed by atoms with Crippen molar-refractivity contribution in [2.45, 2.75) is 37.4 Å². The first-order valence-corrected chi connectivity index (χ1v) is 13.2. The predicted octanol–water partition coefficient (Wildman–Crippen LogP) is 5.47. The maximum atomic E-state index is 13.3. The molecule has 0 spiro atoms. The first-order chi connectivity index (χ1) is 16.4. The topological polar surface area (TPSA) is 123 Å². The summed E-state index contributed by atoms with van der Waals surface area (Å²) in [6.07, 6.45) is 0.479. The van der Waals surface area contributed by atoms with Crippen molar-refractivity contribution in [3.63, 3.8) is 0 Å². The molecule has 184 valence electrons. The number of rotatable bonds is 5. The zero-order valence-electron chi connectivity index (χ0n) is 18.7. The van der Waals surface area contributed by atoms with Gasteiger partial charge in [-0.25, -0.2) is 27.2 Å². The number of carbonyl (C=O) groups excluding carboxylic acids is 1. The van der Waals surface area contributed by atoms with E-state index in [1.54, 1.807) is 39.0 Å². The Hall–Kier alpha value is -2.70. The smallest absolute Gasteiger partial charge is 0.413 e. The van der Waals surface area contributed by atoms with Crippen molar-refractivity contribution in [3.05, 3.63) is 69.4 Å². The molecule has 1 atom stereocenters. The number of hydrogen-bond donors (Lipinski definition) is 2. The molecule has 0 bridgehead atoms. The van der Waals surface area contributed by atoms with E-state index in [0.717, 1.165) is 15.3 Å². The van der Waals surface area contributed by atoms with Gasteiger partial charge in [-0.05, 0) is 39.0 Å². The van der Waals surface area contributed by atoms with Crippen LogP contribution in [0.3, 0.4) is 0 Å². The van der Waals surface area contributed by atoms with Gasteiger partial charge in [0.15, 0.2) is 10.8 Å². The number of nitrogens with one attached hydrogen (secondary N) is 1. The Morgan fingerprint density at radius 2 is 1.91 bits per heavy atom. The highest BCUT2D eigenvalue weighted by molar-refractivity contribution is 7.90. The number of carbonyl (C=O) groups is 1. The van der Waals surface area contributed by atoms with Gasteiger partial charge in [-0.15, -0.1) is 0 Å². The Balaban J connectivity index is 1.76. The average Bonchev–Trinajstić information content (AvgIpc) is 3.32. The van der Waals surface area contributed by atoms with E-state index < -0.39 is 27.8 Å². The van der Waals surface area contributed by atoms with Crippen LogP contribution in [0.15, 0.2) is 53.7 Å². The minimum absolute atomic E-state index is 0.0503. The van der Waals surface area contributed by atoms with Crippen LogP contribution in [0.2, 0.25) is 10.2 Å². The third-order valence-electron chi connectivity index (χ3n) is 4.67. The van der Waals surface area contributed by atoms with E-state index in [2.05, 4.69) is 15.3 Å². The standard InChI is InChI=1S/C22H20Cl2N4O5S2/c1-22(2,3)33-21(30)27-20-26-18(24)17(34-20)16(29)15-11-28(19-14(15)9-12(23)10-25-19)35(31,32)13-7-5-4-6-8-13/h4-11,16,29H,1-3H3,(H,26,27,30)/t16-/m1/s1. The lowest BCUT2D eigenvalue weighted by Gasteiger charge is -2.18. The summed E-state index contributed by atoms with van der Waals surface area (Å²) in [5, 5.41) is 14.3. The maximum absolute atomic E-state index is 13.3. The molecule has 0 fully saturated rings. The summed E-state index contributed by atoms with van der Waals surface area (Å²) >= 11 is 13.3. The quantitative estimate of drug-likeness (QED) is 0.335. The number of amides is 1. The van der Waals surface area contributed by atoms with Gasteiger partial charge in [0.25, 0.3) is 10.0 Å². The van der Waals surface area contributed by atoms with Crippen LogP contribution in [0.4, 0.5) is 9.93 Å². The van der Waals surface area contributed by atoms with Crippen LogP contribution in [-0.4, -0.2) is 39.2 Å². The van der Waals surface area contributed by atoms with Crippen molar-refractivity contribution < 1.29 is 23.1 Å². The molecule has 13 heteroatoms. The fourth-order valence-electron chi connectivity index (χ4n) is 3.25. The molecular formula is C22H20Cl2N4O5S2. The van der Waals surface area contributed by atoms with E-state index in [-0.39, 0.29) is 36.3 Å². The van der Waals surface area contributed by atoms with Gasteiger partial charge in [0, 0.05) is 23.3 Å². The summed E-state index contributed by atoms with van der Waals surface area (Å²) in [4.78, 5) is 20.6. The van der Waals surface area contributed by atoms with Crippen LogP contribution in [-0.2, 0) is 14.8 Å². The van der Waals surface area contributed by atoms with Crippen LogP contribution < -0.4 is 5.32 Å². The van der Waals surface area contributed by atoms with E-state index in [4.69, 9.17) is 27.9 Å². The first kappa shape index (κ1) is 25.4. The Morgan fingerprint density at radius 1 is 1.23 bits per heavy atom. The molecule has 1 aromatic carbocycles. The third-order valence-corrected chi connectivity index (χ3v) is 7.96. The third kappa shape index (κ3) is 5.29. The molecule has 35 heavy (non-hydrogen) atoms. The van der Waals surface area contributed by atoms with Crippen molar-refractivity contribution in [2.75, 3.05) is 5.32 Å². The molecule has 0 aliphatic heterocycles. The molecule has 1 amide bonds. The van der Waals surface area contributed by atoms with E-state index >= 15 is 0 Å². The van der Waals surface area contributed by atoms with Gasteiger partial charge >= 0.3 is 6.09 Å². The van der Waals surface area contributed by atoms with Gasteiger partial charge in [-0.1, -0.05) is 52.7 Å². The van der Waals surface area contributed by atoms with Crippen molar-refractivity contribution >= 4 is 66.8 Å². The van der Waals surface area contributed by atoms with Gasteiger partial charge in [0.1, 0.15) is 16.9 Å². The van der Waals surface area contributed by atoms with Crippen LogP contribution in [0, 0.1) is 0 Å². The highest BCUT2D eigenvalue weighted by Crippen LogP contribution is 2.39. The molecule has 4 aromatic rings. The summed E-state index contributed by atoms with van der Waals surface area (Å²) < 4.78 is 32.8. The highest BCUT2D eigenvalue weighted by atomic mass is 35.5. The summed E-state index contributed by atoms with van der Waals surface area (Å²) in [6.45, 7) is 5.15. The van der Waals surface area contributed by atoms with Gasteiger partial charge in [-0.2, -0.15) is 0 Å². The van der Waals surface area contributed by atoms with Gasteiger partial charge in [0.05, 0.1) is 14.8 Å². The zero-order chi connectivity index (χ0) is 25.5. The molecule has 9 nitrogen and oxygen atoms in total. The van der Waals surface area contributed by atoms with Crippen molar-refractivity contribution in [1.82, 2.24) is 13.9 Å². The molecular weight excluding hydrogens is 535 g/mol. The number of aromatic nitrogens is 3. The summed E-state index contributed by atoms with van der Waals surface area (Å²) in [7, 11) is -4.03. The molecule has 3 aromatic heterocycles. The summed E-state index contributed by atoms with van der Waals surface area (Å²) in [5.41, 5.74) is -0.435. The number of halogens is 2. The fourth-order valence-corrected chi connectivity index (χ4v) is 5.97. The van der Waals surface area contributed by atoms with E-state index in [0.29, 0.717) is 5.39 Å². The lowest BCUT2D eigenvalue weighted by molar-refractivity contribution is 0.0636. The van der Waals surface area contributed by atoms with Crippen molar-refractivity contribution in [1.29, 1.82) is 0 Å². The number of aliphatic hydroxyl groups is 1. The molecule has 0 saturated carbocycles. The second-order valence-corrected chi connectivity index (χ2v) is 12.1. The Kier molecular flexibility index (Phi) is 6.82. The normalized spacial score (nSPS) is 13.1. The lowest BCUT2D eigenvalue weighted by atomic mass is 10.1. The van der Waals surface area contributed by atoms with E-state index in [9.17, 15) is 18.3 Å². The van der Waals surface area contributed by atoms with Crippen LogP contribution in [0.25, 0.3) is 11.0 Å². The van der Waals surface area contributed by atoms with Crippen molar-refractivity contribution in [2.24, 2.45) is 0 Å². The summed E-state index contributed by atoms with van der Waals surface area (Å²) in [6, 6.07) is 9.34. The second kappa shape index (κ2) is 9.40. The largest absolute Gasteiger partial charge is 0.444 e. The van der Waals surface area contributed by atoms with Crippen LogP contribution in [0.1, 0.15) is 37.3 Å². The minimum atomic E-state index is -4.03. The Labute approximate surface area is 215 Å². The Bertz CT molecular complexity index is 1510. The molecule has 3 heterocycles. The molecule has 0 unspecified atom stereocenters. The summed E-state index contributed by atoms with van der Waals surface area (Å²) in [5.74, 6) is 0. The van der Waals surface area contributed by atoms with Gasteiger partial charge in [0.2, 0.25) is 0 Å². The molecule has 0 aliphatic carbocycles. The first-order valence-electron chi connectivity index (χ1n) is 10.2. The molecule has 0 saturated heterocycles. The van der Waals surface area contributed by atoms with Crippen molar-refractivity contribution in [3.8, 4) is 0 Å². The molecule has 2 N–H and O–H groups in total. The molecule has 4 rings (SSSR count). The number of benzene rings is 1. The number of pyridine rings is 1. The minimum Gasteiger partial charge on any atom is -0.444 e. The van der Waals surface area contributed by atoms with Gasteiger partial charge in [-0.3, -0.25) is 5.32 Å². The number of thiazole rings is 1. The van der Waals surface area contributed by atoms with Crippen LogP contribution in [0.5, 0.6) is 0 Å². The SMILES string of the molecule is CC(C)(C)OC(=O)Nc1nc(Cl)c([C@H](O)c2cn(S(=O)(=O)c3ccccc3)c3ncc(Cl)cc23)s1. The fraction of sp³-hybridized carbons (Fsp3) is 0.227. The maximum Gasteiger partial charge on any atom is 0.413 e. The van der Waals surface area contributed by atoms with Gasteiger partial charge < -0.3 is 9.84 Å². The number of aliphatic hydroxyl groups excluding tert-OH is 1. The molecule has 0 radical (unpaired) electrons.